The van der Waals surface area contributed by atoms with E-state index < -0.39 is 0 Å². The normalized spacial score (nSPS) is 10.9. The van der Waals surface area contributed by atoms with Crippen molar-refractivity contribution in [3.8, 4) is 0 Å². The topological polar surface area (TPSA) is 84.2 Å². The molecule has 0 spiro atoms. The van der Waals surface area contributed by atoms with Crippen molar-refractivity contribution >= 4 is 23.3 Å². The Bertz CT molecular complexity index is 796. The molecule has 0 atom stereocenters. The molecule has 22 heavy (non-hydrogen) atoms. The minimum atomic E-state index is -0.267. The van der Waals surface area contributed by atoms with Gasteiger partial charge in [0.15, 0.2) is 5.65 Å². The van der Waals surface area contributed by atoms with Crippen LogP contribution in [-0.2, 0) is 0 Å². The Morgan fingerprint density at radius 2 is 1.95 bits per heavy atom. The Kier molecular flexibility index (Phi) is 3.69. The molecule has 112 valence electrons. The fourth-order valence-electron chi connectivity index (χ4n) is 2.04. The second kappa shape index (κ2) is 5.80. The number of carbonyl (C=O) groups is 1. The summed E-state index contributed by atoms with van der Waals surface area (Å²) >= 11 is 0. The third-order valence-corrected chi connectivity index (χ3v) is 2.96. The molecule has 0 fully saturated rings. The van der Waals surface area contributed by atoms with Crippen molar-refractivity contribution in [1.82, 2.24) is 19.6 Å². The third-order valence-electron chi connectivity index (χ3n) is 2.96. The molecule has 0 aliphatic rings. The number of pyridine rings is 2. The Morgan fingerprint density at radius 3 is 2.68 bits per heavy atom. The Balaban J connectivity index is 1.88. The highest BCUT2D eigenvalue weighted by Gasteiger charge is 2.11. The lowest BCUT2D eigenvalue weighted by molar-refractivity contribution is 0.102. The minimum absolute atomic E-state index is 0.264. The van der Waals surface area contributed by atoms with Crippen LogP contribution in [0.4, 0.5) is 11.8 Å². The Morgan fingerprint density at radius 1 is 1.18 bits per heavy atom. The maximum atomic E-state index is 12.1. The van der Waals surface area contributed by atoms with Crippen LogP contribution in [0.15, 0.2) is 42.7 Å². The van der Waals surface area contributed by atoms with Gasteiger partial charge in [-0.05, 0) is 38.1 Å². The van der Waals surface area contributed by atoms with E-state index in [1.807, 2.05) is 32.0 Å². The van der Waals surface area contributed by atoms with Gasteiger partial charge in [-0.3, -0.25) is 15.1 Å². The first kappa shape index (κ1) is 14.0. The van der Waals surface area contributed by atoms with E-state index in [0.29, 0.717) is 11.2 Å². The van der Waals surface area contributed by atoms with Crippen molar-refractivity contribution in [3.63, 3.8) is 0 Å². The van der Waals surface area contributed by atoms with Gasteiger partial charge in [0, 0.05) is 24.0 Å². The fraction of sp³-hybridized carbons (Fsp3) is 0.200. The monoisotopic (exact) mass is 296 g/mol. The van der Waals surface area contributed by atoms with Crippen molar-refractivity contribution < 1.29 is 4.79 Å². The van der Waals surface area contributed by atoms with E-state index in [-0.39, 0.29) is 17.9 Å². The highest BCUT2D eigenvalue weighted by molar-refractivity contribution is 6.03. The van der Waals surface area contributed by atoms with Crippen molar-refractivity contribution in [2.24, 2.45) is 0 Å². The summed E-state index contributed by atoms with van der Waals surface area (Å²) in [5, 5.41) is 10.3. The lowest BCUT2D eigenvalue weighted by Gasteiger charge is -2.10. The smallest absolute Gasteiger partial charge is 0.258 e. The van der Waals surface area contributed by atoms with Gasteiger partial charge >= 0.3 is 0 Å². The van der Waals surface area contributed by atoms with Crippen LogP contribution in [0.5, 0.6) is 0 Å². The molecule has 0 radical (unpaired) electrons. The van der Waals surface area contributed by atoms with E-state index in [4.69, 9.17) is 0 Å². The van der Waals surface area contributed by atoms with Gasteiger partial charge < -0.3 is 5.32 Å². The van der Waals surface area contributed by atoms with Gasteiger partial charge in [0.05, 0.1) is 0 Å². The summed E-state index contributed by atoms with van der Waals surface area (Å²) in [5.74, 6) is 0.820. The number of hydrogen-bond donors (Lipinski definition) is 2. The average Bonchev–Trinajstić information content (AvgIpc) is 2.91. The van der Waals surface area contributed by atoms with E-state index in [2.05, 4.69) is 25.7 Å². The Labute approximate surface area is 127 Å². The lowest BCUT2D eigenvalue weighted by Crippen LogP contribution is -2.14. The molecular formula is C15H16N6O. The second-order valence-corrected chi connectivity index (χ2v) is 5.11. The van der Waals surface area contributed by atoms with Crippen molar-refractivity contribution in [3.05, 3.63) is 48.3 Å². The summed E-state index contributed by atoms with van der Waals surface area (Å²) in [6, 6.07) is 9.18. The second-order valence-electron chi connectivity index (χ2n) is 5.11. The van der Waals surface area contributed by atoms with Gasteiger partial charge in [0.2, 0.25) is 5.95 Å². The van der Waals surface area contributed by atoms with E-state index >= 15 is 0 Å². The molecule has 1 amide bonds. The maximum absolute atomic E-state index is 12.1. The number of carbonyl (C=O) groups excluding carboxylic acids is 1. The van der Waals surface area contributed by atoms with Crippen LogP contribution >= 0.6 is 0 Å². The number of hydrogen-bond acceptors (Lipinski definition) is 5. The first-order valence-electron chi connectivity index (χ1n) is 6.97. The molecule has 3 heterocycles. The number of nitrogens with one attached hydrogen (secondary N) is 2. The first-order chi connectivity index (χ1) is 10.6. The average molecular weight is 296 g/mol. The molecule has 0 aromatic carbocycles. The number of aromatic nitrogens is 4. The zero-order chi connectivity index (χ0) is 15.5. The van der Waals surface area contributed by atoms with Gasteiger partial charge in [-0.25, -0.2) is 0 Å². The van der Waals surface area contributed by atoms with Crippen LogP contribution in [0, 0.1) is 0 Å². The van der Waals surface area contributed by atoms with Crippen molar-refractivity contribution in [1.29, 1.82) is 0 Å². The zero-order valence-electron chi connectivity index (χ0n) is 12.3. The van der Waals surface area contributed by atoms with Crippen LogP contribution in [0.25, 0.3) is 5.65 Å². The quantitative estimate of drug-likeness (QED) is 0.771. The number of nitrogens with zero attached hydrogens (tertiary/aromatic N) is 4. The largest absolute Gasteiger partial charge is 0.368 e. The highest BCUT2D eigenvalue weighted by atomic mass is 16.1. The van der Waals surface area contributed by atoms with E-state index in [9.17, 15) is 4.79 Å². The van der Waals surface area contributed by atoms with Gasteiger partial charge in [0.25, 0.3) is 5.91 Å². The van der Waals surface area contributed by atoms with Crippen LogP contribution in [0.1, 0.15) is 24.2 Å². The molecule has 3 rings (SSSR count). The standard InChI is InChI=1S/C15H16N6O/c1-10(2)17-12-4-3-5-13-18-15(20-21(12)13)19-14(22)11-6-8-16-9-7-11/h3-10,17H,1-2H3,(H,19,20,22). The number of rotatable bonds is 4. The van der Waals surface area contributed by atoms with Crippen molar-refractivity contribution in [2.45, 2.75) is 19.9 Å². The van der Waals surface area contributed by atoms with Crippen LogP contribution < -0.4 is 10.6 Å². The molecule has 7 nitrogen and oxygen atoms in total. The Hall–Kier alpha value is -2.96. The molecule has 2 N–H and O–H groups in total. The molecule has 3 aromatic heterocycles. The minimum Gasteiger partial charge on any atom is -0.368 e. The summed E-state index contributed by atoms with van der Waals surface area (Å²) < 4.78 is 1.67. The molecule has 3 aromatic rings. The van der Waals surface area contributed by atoms with E-state index in [0.717, 1.165) is 5.82 Å². The van der Waals surface area contributed by atoms with Crippen molar-refractivity contribution in [2.75, 3.05) is 10.6 Å². The fourth-order valence-corrected chi connectivity index (χ4v) is 2.04. The SMILES string of the molecule is CC(C)Nc1cccc2nc(NC(=O)c3ccncc3)nn12. The molecule has 7 heteroatoms. The first-order valence-corrected chi connectivity index (χ1v) is 6.97. The highest BCUT2D eigenvalue weighted by Crippen LogP contribution is 2.14. The summed E-state index contributed by atoms with van der Waals surface area (Å²) in [6.07, 6.45) is 3.13. The van der Waals surface area contributed by atoms with Crippen LogP contribution in [0.3, 0.4) is 0 Å². The molecule has 0 saturated heterocycles. The molecule has 0 aliphatic heterocycles. The number of anilines is 2. The molecule has 0 saturated carbocycles. The predicted molar refractivity (Wildman–Crippen MR) is 83.9 cm³/mol. The van der Waals surface area contributed by atoms with Gasteiger partial charge in [-0.1, -0.05) is 6.07 Å². The third kappa shape index (κ3) is 2.88. The van der Waals surface area contributed by atoms with E-state index in [1.165, 1.54) is 0 Å². The number of amides is 1. The maximum Gasteiger partial charge on any atom is 0.258 e. The lowest BCUT2D eigenvalue weighted by atomic mass is 10.2. The molecule has 0 bridgehead atoms. The summed E-state index contributed by atoms with van der Waals surface area (Å²) in [6.45, 7) is 4.09. The predicted octanol–water partition coefficient (Wildman–Crippen LogP) is 2.20. The van der Waals surface area contributed by atoms with Gasteiger partial charge in [-0.2, -0.15) is 9.50 Å². The number of fused-ring (bicyclic) bond motifs is 1. The summed E-state index contributed by atoms with van der Waals surface area (Å²) in [7, 11) is 0. The van der Waals surface area contributed by atoms with Crippen LogP contribution in [-0.4, -0.2) is 31.5 Å². The molecule has 0 aliphatic carbocycles. The zero-order valence-corrected chi connectivity index (χ0v) is 12.3. The van der Waals surface area contributed by atoms with Crippen LogP contribution in [0.2, 0.25) is 0 Å². The van der Waals surface area contributed by atoms with E-state index in [1.54, 1.807) is 29.0 Å². The van der Waals surface area contributed by atoms with Gasteiger partial charge in [-0.15, -0.1) is 5.10 Å². The van der Waals surface area contributed by atoms with Gasteiger partial charge in [0.1, 0.15) is 5.82 Å². The molecular weight excluding hydrogens is 280 g/mol. The molecule has 0 unspecified atom stereocenters. The summed E-state index contributed by atoms with van der Waals surface area (Å²) in [4.78, 5) is 20.3. The summed E-state index contributed by atoms with van der Waals surface area (Å²) in [5.41, 5.74) is 1.17.